The van der Waals surface area contributed by atoms with Crippen molar-refractivity contribution in [3.63, 3.8) is 0 Å². The zero-order chi connectivity index (χ0) is 16.2. The minimum atomic E-state index is -1.72. The van der Waals surface area contributed by atoms with Gasteiger partial charge in [-0.2, -0.15) is 0 Å². The van der Waals surface area contributed by atoms with Gasteiger partial charge in [-0.3, -0.25) is 16.2 Å². The summed E-state index contributed by atoms with van der Waals surface area (Å²) in [5.41, 5.74) is 1.82. The SMILES string of the molecule is CC(C)(C)OC(=O)N1CC[C@@H](NN)C[C@@H]1OC(=O)C(=O)O. The van der Waals surface area contributed by atoms with E-state index < -0.39 is 29.9 Å². The number of nitrogens with zero attached hydrogens (tertiary/aromatic N) is 1. The molecule has 0 aromatic carbocycles. The van der Waals surface area contributed by atoms with Gasteiger partial charge in [0.25, 0.3) is 0 Å². The molecule has 9 heteroatoms. The van der Waals surface area contributed by atoms with E-state index in [4.69, 9.17) is 20.4 Å². The van der Waals surface area contributed by atoms with E-state index in [1.54, 1.807) is 20.8 Å². The number of hydrogen-bond donors (Lipinski definition) is 3. The van der Waals surface area contributed by atoms with E-state index in [1.165, 1.54) is 4.90 Å². The number of carbonyl (C=O) groups excluding carboxylic acids is 2. The summed E-state index contributed by atoms with van der Waals surface area (Å²) in [5, 5.41) is 8.60. The lowest BCUT2D eigenvalue weighted by molar-refractivity contribution is -0.175. The number of aliphatic carboxylic acids is 1. The molecule has 0 spiro atoms. The Labute approximate surface area is 122 Å². The molecule has 1 fully saturated rings. The first-order valence-corrected chi connectivity index (χ1v) is 6.53. The van der Waals surface area contributed by atoms with Gasteiger partial charge in [0.05, 0.1) is 0 Å². The summed E-state index contributed by atoms with van der Waals surface area (Å²) in [4.78, 5) is 35.1. The van der Waals surface area contributed by atoms with Crippen molar-refractivity contribution in [3.05, 3.63) is 0 Å². The highest BCUT2D eigenvalue weighted by molar-refractivity contribution is 6.28. The minimum absolute atomic E-state index is 0.185. The van der Waals surface area contributed by atoms with Crippen LogP contribution in [-0.4, -0.2) is 52.5 Å². The lowest BCUT2D eigenvalue weighted by atomic mass is 10.0. The van der Waals surface area contributed by atoms with E-state index in [0.717, 1.165) is 0 Å². The quantitative estimate of drug-likeness (QED) is 0.277. The molecular weight excluding hydrogens is 282 g/mol. The Morgan fingerprint density at radius 1 is 1.33 bits per heavy atom. The summed E-state index contributed by atoms with van der Waals surface area (Å²) in [5.74, 6) is 2.19. The molecule has 1 saturated heterocycles. The van der Waals surface area contributed by atoms with Crippen LogP contribution in [0.3, 0.4) is 0 Å². The third kappa shape index (κ3) is 5.20. The van der Waals surface area contributed by atoms with Crippen LogP contribution in [0.5, 0.6) is 0 Å². The van der Waals surface area contributed by atoms with Crippen LogP contribution in [0.4, 0.5) is 4.79 Å². The Balaban J connectivity index is 2.80. The van der Waals surface area contributed by atoms with E-state index in [0.29, 0.717) is 6.42 Å². The van der Waals surface area contributed by atoms with Gasteiger partial charge in [-0.1, -0.05) is 0 Å². The number of nitrogens with two attached hydrogens (primary N) is 1. The highest BCUT2D eigenvalue weighted by Crippen LogP contribution is 2.21. The van der Waals surface area contributed by atoms with Gasteiger partial charge in [0.1, 0.15) is 5.60 Å². The van der Waals surface area contributed by atoms with Crippen LogP contribution < -0.4 is 11.3 Å². The van der Waals surface area contributed by atoms with E-state index in [2.05, 4.69) is 5.43 Å². The number of carboxylic acid groups (broad SMARTS) is 1. The highest BCUT2D eigenvalue weighted by Gasteiger charge is 2.37. The van der Waals surface area contributed by atoms with Crippen molar-refractivity contribution in [1.29, 1.82) is 0 Å². The number of piperidine rings is 1. The third-order valence-corrected chi connectivity index (χ3v) is 2.83. The summed E-state index contributed by atoms with van der Waals surface area (Å²) >= 11 is 0. The molecule has 0 unspecified atom stereocenters. The van der Waals surface area contributed by atoms with Crippen molar-refractivity contribution in [2.45, 2.75) is 51.5 Å². The van der Waals surface area contributed by atoms with Crippen LogP contribution in [-0.2, 0) is 19.1 Å². The standard InChI is InChI=1S/C12H21N3O6/c1-12(2,3)21-11(19)15-5-4-7(14-13)6-8(15)20-10(18)9(16)17/h7-8,14H,4-6,13H2,1-3H3,(H,16,17)/t7-,8+/m1/s1. The normalized spacial score (nSPS) is 22.6. The second-order valence-electron chi connectivity index (χ2n) is 5.73. The second kappa shape index (κ2) is 6.72. The molecule has 1 aliphatic rings. The predicted octanol–water partition coefficient (Wildman–Crippen LogP) is -0.197. The molecular formula is C12H21N3O6. The Morgan fingerprint density at radius 2 is 1.95 bits per heavy atom. The summed E-state index contributed by atoms with van der Waals surface area (Å²) in [6, 6.07) is -0.185. The zero-order valence-corrected chi connectivity index (χ0v) is 12.3. The number of hydrogen-bond acceptors (Lipinski definition) is 7. The maximum absolute atomic E-state index is 12.1. The summed E-state index contributed by atoms with van der Waals surface area (Å²) < 4.78 is 10.0. The number of hydrazine groups is 1. The van der Waals surface area contributed by atoms with Crippen LogP contribution in [0.25, 0.3) is 0 Å². The lowest BCUT2D eigenvalue weighted by Gasteiger charge is -2.38. The van der Waals surface area contributed by atoms with Gasteiger partial charge in [0.2, 0.25) is 0 Å². The number of amides is 1. The molecule has 4 N–H and O–H groups in total. The summed E-state index contributed by atoms with van der Waals surface area (Å²) in [6.45, 7) is 5.35. The largest absolute Gasteiger partial charge is 0.473 e. The topological polar surface area (TPSA) is 131 Å². The zero-order valence-electron chi connectivity index (χ0n) is 12.3. The molecule has 0 aromatic heterocycles. The maximum Gasteiger partial charge on any atom is 0.419 e. The first-order valence-electron chi connectivity index (χ1n) is 6.53. The van der Waals surface area contributed by atoms with E-state index >= 15 is 0 Å². The van der Waals surface area contributed by atoms with Gasteiger partial charge in [-0.25, -0.2) is 14.4 Å². The first-order chi connectivity index (χ1) is 9.64. The molecule has 1 amide bonds. The Morgan fingerprint density at radius 3 is 2.43 bits per heavy atom. The van der Waals surface area contributed by atoms with Crippen LogP contribution in [0.1, 0.15) is 33.6 Å². The number of rotatable bonds is 2. The van der Waals surface area contributed by atoms with Crippen LogP contribution in [0.2, 0.25) is 0 Å². The molecule has 1 heterocycles. The van der Waals surface area contributed by atoms with Crippen LogP contribution >= 0.6 is 0 Å². The Hall–Kier alpha value is -1.87. The number of nitrogens with one attached hydrogen (secondary N) is 1. The van der Waals surface area contributed by atoms with Gasteiger partial charge in [-0.05, 0) is 27.2 Å². The minimum Gasteiger partial charge on any atom is -0.473 e. The van der Waals surface area contributed by atoms with Crippen molar-refractivity contribution in [1.82, 2.24) is 10.3 Å². The predicted molar refractivity (Wildman–Crippen MR) is 70.8 cm³/mol. The number of carbonyl (C=O) groups is 3. The van der Waals surface area contributed by atoms with Crippen molar-refractivity contribution < 1.29 is 29.0 Å². The molecule has 1 rings (SSSR count). The van der Waals surface area contributed by atoms with Crippen molar-refractivity contribution in [3.8, 4) is 0 Å². The third-order valence-electron chi connectivity index (χ3n) is 2.83. The molecule has 0 saturated carbocycles. The fourth-order valence-corrected chi connectivity index (χ4v) is 1.89. The number of ether oxygens (including phenoxy) is 2. The number of carboxylic acids is 1. The van der Waals surface area contributed by atoms with Gasteiger partial charge in [-0.15, -0.1) is 0 Å². The van der Waals surface area contributed by atoms with Crippen molar-refractivity contribution in [2.24, 2.45) is 5.84 Å². The van der Waals surface area contributed by atoms with Crippen LogP contribution in [0, 0.1) is 0 Å². The summed E-state index contributed by atoms with van der Waals surface area (Å²) in [7, 11) is 0. The number of likely N-dealkylation sites (tertiary alicyclic amines) is 1. The van der Waals surface area contributed by atoms with Crippen molar-refractivity contribution in [2.75, 3.05) is 6.54 Å². The molecule has 1 aliphatic heterocycles. The molecule has 2 atom stereocenters. The monoisotopic (exact) mass is 303 g/mol. The molecule has 0 radical (unpaired) electrons. The molecule has 9 nitrogen and oxygen atoms in total. The molecule has 0 aromatic rings. The molecule has 0 aliphatic carbocycles. The highest BCUT2D eigenvalue weighted by atomic mass is 16.6. The second-order valence-corrected chi connectivity index (χ2v) is 5.73. The van der Waals surface area contributed by atoms with E-state index in [1.807, 2.05) is 0 Å². The molecule has 120 valence electrons. The Bertz CT molecular complexity index is 420. The summed E-state index contributed by atoms with van der Waals surface area (Å²) in [6.07, 6.45) is -0.967. The van der Waals surface area contributed by atoms with Gasteiger partial charge in [0.15, 0.2) is 6.23 Å². The van der Waals surface area contributed by atoms with Gasteiger partial charge >= 0.3 is 18.0 Å². The molecule has 21 heavy (non-hydrogen) atoms. The van der Waals surface area contributed by atoms with Crippen molar-refractivity contribution >= 4 is 18.0 Å². The smallest absolute Gasteiger partial charge is 0.419 e. The number of esters is 1. The fourth-order valence-electron chi connectivity index (χ4n) is 1.89. The first kappa shape index (κ1) is 17.2. The average molecular weight is 303 g/mol. The Kier molecular flexibility index (Phi) is 5.50. The fraction of sp³-hybridized carbons (Fsp3) is 0.750. The van der Waals surface area contributed by atoms with Gasteiger partial charge < -0.3 is 14.6 Å². The average Bonchev–Trinajstić information content (AvgIpc) is 2.36. The van der Waals surface area contributed by atoms with Crippen LogP contribution in [0.15, 0.2) is 0 Å². The van der Waals surface area contributed by atoms with E-state index in [-0.39, 0.29) is 19.0 Å². The lowest BCUT2D eigenvalue weighted by Crippen LogP contribution is -2.55. The molecule has 0 bridgehead atoms. The van der Waals surface area contributed by atoms with Gasteiger partial charge in [0, 0.05) is 19.0 Å². The van der Waals surface area contributed by atoms with E-state index in [9.17, 15) is 14.4 Å². The maximum atomic E-state index is 12.1.